The minimum atomic E-state index is 0.218. The van der Waals surface area contributed by atoms with E-state index in [0.717, 1.165) is 38.8 Å². The Morgan fingerprint density at radius 2 is 1.34 bits per heavy atom. The van der Waals surface area contributed by atoms with Gasteiger partial charge in [-0.25, -0.2) is 9.97 Å². The summed E-state index contributed by atoms with van der Waals surface area (Å²) in [7, 11) is 3.91. The molecule has 7 nitrogen and oxygen atoms in total. The largest absolute Gasteiger partial charge is 0.369 e. The molecule has 2 aromatic heterocycles. The van der Waals surface area contributed by atoms with Gasteiger partial charge in [-0.3, -0.25) is 0 Å². The molecule has 8 heteroatoms. The summed E-state index contributed by atoms with van der Waals surface area (Å²) in [5.74, 6) is 0.218. The fourth-order valence-electron chi connectivity index (χ4n) is 4.06. The lowest BCUT2D eigenvalue weighted by Crippen LogP contribution is -2.10. The van der Waals surface area contributed by atoms with E-state index in [1.165, 1.54) is 11.3 Å². The lowest BCUT2D eigenvalue weighted by Gasteiger charge is -2.24. The molecule has 0 atom stereocenters. The molecule has 3 aromatic carbocycles. The Labute approximate surface area is 226 Å². The number of rotatable bonds is 7. The van der Waals surface area contributed by atoms with E-state index in [9.17, 15) is 5.26 Å². The minimum absolute atomic E-state index is 0.218. The quantitative estimate of drug-likeness (QED) is 0.204. The number of azo groups is 1. The van der Waals surface area contributed by atoms with Crippen molar-refractivity contribution in [3.8, 4) is 17.2 Å². The van der Waals surface area contributed by atoms with Crippen LogP contribution in [0.25, 0.3) is 11.1 Å². The van der Waals surface area contributed by atoms with Gasteiger partial charge in [0.1, 0.15) is 16.6 Å². The van der Waals surface area contributed by atoms with Gasteiger partial charge >= 0.3 is 0 Å². The zero-order valence-corrected chi connectivity index (χ0v) is 22.1. The fourth-order valence-corrected chi connectivity index (χ4v) is 5.08. The predicted octanol–water partition coefficient (Wildman–Crippen LogP) is 8.34. The van der Waals surface area contributed by atoms with Crippen molar-refractivity contribution in [2.24, 2.45) is 10.2 Å². The third-order valence-electron chi connectivity index (χ3n) is 5.87. The highest BCUT2D eigenvalue weighted by molar-refractivity contribution is 7.20. The number of para-hydroxylation sites is 2. The van der Waals surface area contributed by atoms with Crippen LogP contribution in [0.3, 0.4) is 0 Å². The maximum absolute atomic E-state index is 10.0. The molecule has 0 saturated heterocycles. The highest BCUT2D eigenvalue weighted by Gasteiger charge is 2.21. The van der Waals surface area contributed by atoms with Crippen molar-refractivity contribution >= 4 is 44.3 Å². The Kier molecular flexibility index (Phi) is 7.20. The smallest absolute Gasteiger partial charge is 0.268 e. The number of aryl methyl sites for hydroxylation is 1. The monoisotopic (exact) mass is 515 g/mol. The van der Waals surface area contributed by atoms with Gasteiger partial charge in [0.2, 0.25) is 0 Å². The minimum Gasteiger partial charge on any atom is -0.369 e. The number of aromatic nitrogens is 2. The molecule has 0 aliphatic heterocycles. The molecule has 2 heterocycles. The van der Waals surface area contributed by atoms with E-state index in [4.69, 9.17) is 0 Å². The zero-order chi connectivity index (χ0) is 26.5. The second-order valence-electron chi connectivity index (χ2n) is 8.78. The van der Waals surface area contributed by atoms with Crippen molar-refractivity contribution in [2.45, 2.75) is 6.92 Å². The Morgan fingerprint density at radius 3 is 1.87 bits per heavy atom. The lowest BCUT2D eigenvalue weighted by molar-refractivity contribution is 1.06. The molecule has 0 N–H and O–H groups in total. The molecule has 5 rings (SSSR count). The van der Waals surface area contributed by atoms with Crippen molar-refractivity contribution in [1.82, 2.24) is 9.97 Å². The van der Waals surface area contributed by atoms with Gasteiger partial charge in [-0.15, -0.1) is 10.2 Å². The predicted molar refractivity (Wildman–Crippen MR) is 154 cm³/mol. The van der Waals surface area contributed by atoms with E-state index in [2.05, 4.69) is 31.2 Å². The van der Waals surface area contributed by atoms with Crippen LogP contribution in [0.1, 0.15) is 11.1 Å². The van der Waals surface area contributed by atoms with Gasteiger partial charge in [0, 0.05) is 31.0 Å². The first kappa shape index (κ1) is 24.8. The van der Waals surface area contributed by atoms with Crippen molar-refractivity contribution in [2.75, 3.05) is 23.9 Å². The van der Waals surface area contributed by atoms with Crippen LogP contribution in [0.4, 0.5) is 33.0 Å². The van der Waals surface area contributed by atoms with Crippen LogP contribution in [0.15, 0.2) is 108 Å². The standard InChI is InChI=1S/C30H25N7S/c1-21-14-16-22(17-15-21)27-26(18-31)28(38-29(27)36(2)3)34-35-30-32-19-25(20-33-30)37(23-10-6-4-7-11-23)24-12-8-5-9-13-24/h4-17,19-20H,1-3H3. The first-order valence-electron chi connectivity index (χ1n) is 12.0. The van der Waals surface area contributed by atoms with E-state index in [1.807, 2.05) is 111 Å². The average molecular weight is 516 g/mol. The molecule has 0 radical (unpaired) electrons. The van der Waals surface area contributed by atoms with Gasteiger partial charge in [-0.1, -0.05) is 77.6 Å². The molecule has 0 amide bonds. The summed E-state index contributed by atoms with van der Waals surface area (Å²) in [6.45, 7) is 2.04. The summed E-state index contributed by atoms with van der Waals surface area (Å²) in [5.41, 5.74) is 6.26. The van der Waals surface area contributed by atoms with Gasteiger partial charge in [-0.2, -0.15) is 5.26 Å². The number of hydrogen-bond acceptors (Lipinski definition) is 8. The summed E-state index contributed by atoms with van der Waals surface area (Å²) in [5, 5.41) is 20.2. The molecule has 0 spiro atoms. The normalized spacial score (nSPS) is 10.9. The SMILES string of the molecule is Cc1ccc(-c2c(N(C)C)sc(N=Nc3ncc(N(c4ccccc4)c4ccccc4)cn3)c2C#N)cc1. The highest BCUT2D eigenvalue weighted by Crippen LogP contribution is 2.47. The third-order valence-corrected chi connectivity index (χ3v) is 7.11. The Bertz CT molecular complexity index is 1550. The zero-order valence-electron chi connectivity index (χ0n) is 21.3. The van der Waals surface area contributed by atoms with Crippen LogP contribution in [-0.4, -0.2) is 24.1 Å². The lowest BCUT2D eigenvalue weighted by atomic mass is 10.0. The first-order chi connectivity index (χ1) is 18.5. The van der Waals surface area contributed by atoms with Crippen LogP contribution in [0, 0.1) is 18.3 Å². The maximum atomic E-state index is 10.0. The molecule has 0 fully saturated rings. The molecular weight excluding hydrogens is 490 g/mol. The van der Waals surface area contributed by atoms with Crippen LogP contribution in [-0.2, 0) is 0 Å². The van der Waals surface area contributed by atoms with Gasteiger partial charge in [0.15, 0.2) is 5.00 Å². The van der Waals surface area contributed by atoms with Crippen molar-refractivity contribution in [1.29, 1.82) is 5.26 Å². The molecule has 0 aliphatic rings. The molecule has 0 bridgehead atoms. The Balaban J connectivity index is 1.48. The first-order valence-corrected chi connectivity index (χ1v) is 12.8. The molecule has 38 heavy (non-hydrogen) atoms. The summed E-state index contributed by atoms with van der Waals surface area (Å²) in [4.78, 5) is 13.0. The maximum Gasteiger partial charge on any atom is 0.268 e. The summed E-state index contributed by atoms with van der Waals surface area (Å²) >= 11 is 1.42. The second-order valence-corrected chi connectivity index (χ2v) is 9.76. The van der Waals surface area contributed by atoms with E-state index < -0.39 is 0 Å². The van der Waals surface area contributed by atoms with E-state index >= 15 is 0 Å². The van der Waals surface area contributed by atoms with Crippen molar-refractivity contribution in [3.05, 3.63) is 108 Å². The van der Waals surface area contributed by atoms with Crippen molar-refractivity contribution < 1.29 is 0 Å². The van der Waals surface area contributed by atoms with Crippen LogP contribution in [0.2, 0.25) is 0 Å². The van der Waals surface area contributed by atoms with Gasteiger partial charge in [-0.05, 0) is 36.8 Å². The van der Waals surface area contributed by atoms with Crippen LogP contribution >= 0.6 is 11.3 Å². The van der Waals surface area contributed by atoms with Crippen LogP contribution < -0.4 is 9.80 Å². The molecule has 0 unspecified atom stereocenters. The number of nitrogens with zero attached hydrogens (tertiary/aromatic N) is 7. The fraction of sp³-hybridized carbons (Fsp3) is 0.100. The molecule has 5 aromatic rings. The molecule has 0 aliphatic carbocycles. The van der Waals surface area contributed by atoms with Crippen molar-refractivity contribution in [3.63, 3.8) is 0 Å². The van der Waals surface area contributed by atoms with E-state index in [1.54, 1.807) is 12.4 Å². The number of hydrogen-bond donors (Lipinski definition) is 0. The highest BCUT2D eigenvalue weighted by atomic mass is 32.1. The topological polar surface area (TPSA) is 80.8 Å². The molecular formula is C30H25N7S. The summed E-state index contributed by atoms with van der Waals surface area (Å²) < 4.78 is 0. The Hall–Kier alpha value is -4.87. The molecule has 186 valence electrons. The van der Waals surface area contributed by atoms with E-state index in [-0.39, 0.29) is 5.95 Å². The number of nitriles is 1. The number of thiophene rings is 1. The molecule has 0 saturated carbocycles. The second kappa shape index (κ2) is 11.0. The van der Waals surface area contributed by atoms with Gasteiger partial charge in [0.25, 0.3) is 5.95 Å². The average Bonchev–Trinajstić information content (AvgIpc) is 3.33. The summed E-state index contributed by atoms with van der Waals surface area (Å²) in [6, 6.07) is 30.6. The van der Waals surface area contributed by atoms with Crippen LogP contribution in [0.5, 0.6) is 0 Å². The number of anilines is 4. The van der Waals surface area contributed by atoms with Gasteiger partial charge < -0.3 is 9.80 Å². The third kappa shape index (κ3) is 5.14. The number of benzene rings is 3. The summed E-state index contributed by atoms with van der Waals surface area (Å²) in [6.07, 6.45) is 3.45. The van der Waals surface area contributed by atoms with E-state index in [0.29, 0.717) is 10.6 Å². The van der Waals surface area contributed by atoms with Gasteiger partial charge in [0.05, 0.1) is 18.1 Å². The Morgan fingerprint density at radius 1 is 0.763 bits per heavy atom.